The number of benzene rings is 1. The van der Waals surface area contributed by atoms with Gasteiger partial charge in [-0.15, -0.1) is 11.8 Å². The molecule has 1 aliphatic heterocycles. The van der Waals surface area contributed by atoms with E-state index >= 15 is 0 Å². The van der Waals surface area contributed by atoms with Crippen LogP contribution in [0.3, 0.4) is 0 Å². The summed E-state index contributed by atoms with van der Waals surface area (Å²) in [4.78, 5) is 18.6. The van der Waals surface area contributed by atoms with Crippen molar-refractivity contribution in [1.29, 1.82) is 0 Å². The molecule has 0 aliphatic carbocycles. The highest BCUT2D eigenvalue weighted by Gasteiger charge is 2.23. The molecule has 1 aliphatic rings. The lowest BCUT2D eigenvalue weighted by atomic mass is 10.1. The maximum atomic E-state index is 12.4. The molecule has 2 heterocycles. The van der Waals surface area contributed by atoms with Crippen LogP contribution < -0.4 is 0 Å². The minimum Gasteiger partial charge on any atom is -0.508 e. The van der Waals surface area contributed by atoms with Crippen LogP contribution in [-0.2, 0) is 11.2 Å². The van der Waals surface area contributed by atoms with E-state index in [4.69, 9.17) is 0 Å². The van der Waals surface area contributed by atoms with Crippen LogP contribution in [0.4, 0.5) is 0 Å². The molecule has 23 heavy (non-hydrogen) atoms. The Balaban J connectivity index is 1.49. The summed E-state index contributed by atoms with van der Waals surface area (Å²) in [7, 11) is 0. The number of rotatable bonds is 4. The highest BCUT2D eigenvalue weighted by atomic mass is 32.2. The predicted octanol–water partition coefficient (Wildman–Crippen LogP) is 3.11. The molecular formula is C18H20N2O2S. The first-order valence-electron chi connectivity index (χ1n) is 7.84. The molecule has 0 atom stereocenters. The Morgan fingerprint density at radius 2 is 2.04 bits per heavy atom. The summed E-state index contributed by atoms with van der Waals surface area (Å²) in [5.41, 5.74) is 0.861. The number of amides is 1. The molecule has 120 valence electrons. The molecule has 0 bridgehead atoms. The minimum atomic E-state index is 0.136. The Kier molecular flexibility index (Phi) is 5.18. The number of carbonyl (C=O) groups excluding carboxylic acids is 1. The normalized spacial score (nSPS) is 15.6. The van der Waals surface area contributed by atoms with Gasteiger partial charge < -0.3 is 10.0 Å². The van der Waals surface area contributed by atoms with Crippen molar-refractivity contribution < 1.29 is 9.90 Å². The summed E-state index contributed by atoms with van der Waals surface area (Å²) in [5.74, 6) is 0.345. The van der Waals surface area contributed by atoms with E-state index < -0.39 is 0 Å². The van der Waals surface area contributed by atoms with Crippen LogP contribution in [0.2, 0.25) is 0 Å². The number of likely N-dealkylation sites (tertiary alicyclic amines) is 1. The van der Waals surface area contributed by atoms with Crippen molar-refractivity contribution in [2.45, 2.75) is 29.5 Å². The Bertz CT molecular complexity index is 655. The van der Waals surface area contributed by atoms with E-state index in [1.165, 1.54) is 0 Å². The number of pyridine rings is 1. The van der Waals surface area contributed by atoms with Gasteiger partial charge in [-0.25, -0.2) is 4.98 Å². The lowest BCUT2D eigenvalue weighted by Gasteiger charge is -2.31. The summed E-state index contributed by atoms with van der Waals surface area (Å²) in [5, 5.41) is 11.1. The fourth-order valence-electron chi connectivity index (χ4n) is 2.76. The highest BCUT2D eigenvalue weighted by molar-refractivity contribution is 7.99. The summed E-state index contributed by atoms with van der Waals surface area (Å²) in [6.45, 7) is 1.59. The zero-order chi connectivity index (χ0) is 16.1. The van der Waals surface area contributed by atoms with Crippen LogP contribution in [-0.4, -0.2) is 39.2 Å². The summed E-state index contributed by atoms with van der Waals surface area (Å²) >= 11 is 1.80. The van der Waals surface area contributed by atoms with Crippen LogP contribution in [0.5, 0.6) is 5.75 Å². The van der Waals surface area contributed by atoms with Crippen LogP contribution in [0.15, 0.2) is 53.7 Å². The molecule has 0 saturated carbocycles. The third-order valence-corrected chi connectivity index (χ3v) is 5.27. The van der Waals surface area contributed by atoms with Crippen molar-refractivity contribution in [3.05, 3.63) is 54.2 Å². The monoisotopic (exact) mass is 328 g/mol. The number of aromatic nitrogens is 1. The maximum Gasteiger partial charge on any atom is 0.226 e. The molecule has 0 spiro atoms. The SMILES string of the molecule is O=C(Cc1cccc(O)c1)N1CCC(Sc2ccccn2)CC1. The molecule has 1 saturated heterocycles. The first-order chi connectivity index (χ1) is 11.2. The number of phenols is 1. The maximum absolute atomic E-state index is 12.4. The number of hydrogen-bond acceptors (Lipinski definition) is 4. The summed E-state index contributed by atoms with van der Waals surface area (Å²) in [6.07, 6.45) is 4.16. The third kappa shape index (κ3) is 4.48. The second-order valence-corrected chi connectivity index (χ2v) is 7.03. The Morgan fingerprint density at radius 1 is 1.22 bits per heavy atom. The predicted molar refractivity (Wildman–Crippen MR) is 91.5 cm³/mol. The van der Waals surface area contributed by atoms with Gasteiger partial charge in [0.15, 0.2) is 0 Å². The Hall–Kier alpha value is -2.01. The van der Waals surface area contributed by atoms with E-state index in [1.807, 2.05) is 35.4 Å². The molecule has 1 aromatic heterocycles. The van der Waals surface area contributed by atoms with Crippen molar-refractivity contribution in [2.75, 3.05) is 13.1 Å². The van der Waals surface area contributed by atoms with Gasteiger partial charge in [0.1, 0.15) is 5.75 Å². The van der Waals surface area contributed by atoms with Gasteiger partial charge in [0.2, 0.25) is 5.91 Å². The topological polar surface area (TPSA) is 53.4 Å². The summed E-state index contributed by atoms with van der Waals surface area (Å²) in [6, 6.07) is 12.9. The fourth-order valence-corrected chi connectivity index (χ4v) is 3.83. The third-order valence-electron chi connectivity index (χ3n) is 3.99. The van der Waals surface area contributed by atoms with Gasteiger partial charge in [-0.2, -0.15) is 0 Å². The Morgan fingerprint density at radius 3 is 2.74 bits per heavy atom. The van der Waals surface area contributed by atoms with Crippen molar-refractivity contribution in [3.63, 3.8) is 0 Å². The average Bonchev–Trinajstić information content (AvgIpc) is 2.56. The van der Waals surface area contributed by atoms with E-state index in [1.54, 1.807) is 30.0 Å². The van der Waals surface area contributed by atoms with E-state index in [0.29, 0.717) is 11.7 Å². The quantitative estimate of drug-likeness (QED) is 0.937. The van der Waals surface area contributed by atoms with Crippen LogP contribution in [0.1, 0.15) is 18.4 Å². The number of nitrogens with zero attached hydrogens (tertiary/aromatic N) is 2. The largest absolute Gasteiger partial charge is 0.508 e. The first kappa shape index (κ1) is 15.9. The molecule has 5 heteroatoms. The zero-order valence-corrected chi connectivity index (χ0v) is 13.7. The van der Waals surface area contributed by atoms with Gasteiger partial charge in [-0.05, 0) is 42.7 Å². The molecule has 4 nitrogen and oxygen atoms in total. The molecular weight excluding hydrogens is 308 g/mol. The van der Waals surface area contributed by atoms with Crippen molar-refractivity contribution in [2.24, 2.45) is 0 Å². The lowest BCUT2D eigenvalue weighted by Crippen LogP contribution is -2.40. The molecule has 1 amide bonds. The minimum absolute atomic E-state index is 0.136. The molecule has 1 N–H and O–H groups in total. The van der Waals surface area contributed by atoms with Crippen molar-refractivity contribution >= 4 is 17.7 Å². The van der Waals surface area contributed by atoms with E-state index in [2.05, 4.69) is 4.98 Å². The molecule has 0 radical (unpaired) electrons. The number of hydrogen-bond donors (Lipinski definition) is 1. The van der Waals surface area contributed by atoms with E-state index in [9.17, 15) is 9.90 Å². The second-order valence-electron chi connectivity index (χ2n) is 5.71. The average molecular weight is 328 g/mol. The van der Waals surface area contributed by atoms with Crippen molar-refractivity contribution in [1.82, 2.24) is 9.88 Å². The van der Waals surface area contributed by atoms with Gasteiger partial charge >= 0.3 is 0 Å². The smallest absolute Gasteiger partial charge is 0.226 e. The second kappa shape index (κ2) is 7.51. The first-order valence-corrected chi connectivity index (χ1v) is 8.72. The van der Waals surface area contributed by atoms with Gasteiger partial charge in [0.05, 0.1) is 11.4 Å². The van der Waals surface area contributed by atoms with Gasteiger partial charge in [0, 0.05) is 24.5 Å². The molecule has 2 aromatic rings. The number of aromatic hydroxyl groups is 1. The van der Waals surface area contributed by atoms with Gasteiger partial charge in [0.25, 0.3) is 0 Å². The van der Waals surface area contributed by atoms with Gasteiger partial charge in [-0.3, -0.25) is 4.79 Å². The van der Waals surface area contributed by atoms with Crippen LogP contribution in [0, 0.1) is 0 Å². The molecule has 1 fully saturated rings. The number of thioether (sulfide) groups is 1. The molecule has 3 rings (SSSR count). The number of piperidine rings is 1. The number of carbonyl (C=O) groups is 1. The fraction of sp³-hybridized carbons (Fsp3) is 0.333. The van der Waals surface area contributed by atoms with E-state index in [0.717, 1.165) is 36.5 Å². The van der Waals surface area contributed by atoms with Gasteiger partial charge in [-0.1, -0.05) is 18.2 Å². The summed E-state index contributed by atoms with van der Waals surface area (Å²) < 4.78 is 0. The lowest BCUT2D eigenvalue weighted by molar-refractivity contribution is -0.131. The van der Waals surface area contributed by atoms with Crippen molar-refractivity contribution in [3.8, 4) is 5.75 Å². The molecule has 1 aromatic carbocycles. The number of phenolic OH excluding ortho intramolecular Hbond substituents is 1. The van der Waals surface area contributed by atoms with E-state index in [-0.39, 0.29) is 11.7 Å². The standard InChI is InChI=1S/C18H20N2O2S/c21-15-5-3-4-14(12-15)13-18(22)20-10-7-16(8-11-20)23-17-6-1-2-9-19-17/h1-6,9,12,16,21H,7-8,10-11,13H2. The van der Waals surface area contributed by atoms with Crippen LogP contribution in [0.25, 0.3) is 0 Å². The molecule has 0 unspecified atom stereocenters. The van der Waals surface area contributed by atoms with Crippen LogP contribution >= 0.6 is 11.8 Å². The Labute approximate surface area is 140 Å². The zero-order valence-electron chi connectivity index (χ0n) is 12.9. The highest BCUT2D eigenvalue weighted by Crippen LogP contribution is 2.29.